The van der Waals surface area contributed by atoms with Crippen LogP contribution in [0.25, 0.3) is 0 Å². The predicted molar refractivity (Wildman–Crippen MR) is 77.5 cm³/mol. The first-order chi connectivity index (χ1) is 9.19. The molecule has 0 fully saturated rings. The van der Waals surface area contributed by atoms with Crippen molar-refractivity contribution in [3.8, 4) is 0 Å². The molecule has 2 aromatic carbocycles. The maximum absolute atomic E-state index is 12.8. The van der Waals surface area contributed by atoms with Crippen LogP contribution in [-0.4, -0.2) is 0 Å². The minimum atomic E-state index is -0.186. The molecule has 1 unspecified atom stereocenters. The highest BCUT2D eigenvalue weighted by Crippen LogP contribution is 2.17. The molecule has 0 aliphatic carbocycles. The highest BCUT2D eigenvalue weighted by atomic mass is 19.1. The number of halogens is 1. The average Bonchev–Trinajstić information content (AvgIpc) is 2.43. The third kappa shape index (κ3) is 3.90. The van der Waals surface area contributed by atoms with Gasteiger partial charge in [0.2, 0.25) is 0 Å². The van der Waals surface area contributed by atoms with Gasteiger partial charge in [0.1, 0.15) is 5.82 Å². The zero-order valence-corrected chi connectivity index (χ0v) is 11.5. The number of hydrogen-bond acceptors (Lipinski definition) is 1. The first kappa shape index (κ1) is 13.8. The minimum Gasteiger partial charge on any atom is -0.306 e. The highest BCUT2D eigenvalue weighted by molar-refractivity contribution is 5.24. The molecule has 0 heterocycles. The fourth-order valence-corrected chi connectivity index (χ4v) is 2.14. The van der Waals surface area contributed by atoms with Crippen LogP contribution in [-0.2, 0) is 6.54 Å². The van der Waals surface area contributed by atoms with E-state index in [0.717, 1.165) is 18.5 Å². The highest BCUT2D eigenvalue weighted by Gasteiger charge is 2.08. The molecule has 19 heavy (non-hydrogen) atoms. The van der Waals surface area contributed by atoms with E-state index in [4.69, 9.17) is 0 Å². The van der Waals surface area contributed by atoms with Crippen molar-refractivity contribution in [2.24, 2.45) is 0 Å². The van der Waals surface area contributed by atoms with Gasteiger partial charge in [-0.1, -0.05) is 48.9 Å². The number of nitrogens with one attached hydrogen (secondary N) is 1. The van der Waals surface area contributed by atoms with Crippen LogP contribution in [0.5, 0.6) is 0 Å². The van der Waals surface area contributed by atoms with Crippen LogP contribution in [0.1, 0.15) is 36.1 Å². The van der Waals surface area contributed by atoms with Crippen LogP contribution >= 0.6 is 0 Å². The smallest absolute Gasteiger partial charge is 0.123 e. The Morgan fingerprint density at radius 3 is 2.21 bits per heavy atom. The van der Waals surface area contributed by atoms with Crippen LogP contribution < -0.4 is 5.32 Å². The van der Waals surface area contributed by atoms with E-state index in [2.05, 4.69) is 43.4 Å². The summed E-state index contributed by atoms with van der Waals surface area (Å²) in [6.07, 6.45) is 1.03. The average molecular weight is 257 g/mol. The van der Waals surface area contributed by atoms with E-state index >= 15 is 0 Å². The molecule has 0 saturated carbocycles. The zero-order chi connectivity index (χ0) is 13.7. The van der Waals surface area contributed by atoms with Crippen molar-refractivity contribution in [2.75, 3.05) is 0 Å². The summed E-state index contributed by atoms with van der Waals surface area (Å²) in [5.41, 5.74) is 3.68. The van der Waals surface area contributed by atoms with Crippen LogP contribution in [0.3, 0.4) is 0 Å². The molecule has 0 bridgehead atoms. The molecule has 2 rings (SSSR count). The van der Waals surface area contributed by atoms with Gasteiger partial charge in [-0.15, -0.1) is 0 Å². The lowest BCUT2D eigenvalue weighted by molar-refractivity contribution is 0.518. The van der Waals surface area contributed by atoms with Gasteiger partial charge in [0.05, 0.1) is 0 Å². The van der Waals surface area contributed by atoms with Gasteiger partial charge in [-0.2, -0.15) is 0 Å². The Kier molecular flexibility index (Phi) is 4.69. The molecule has 0 radical (unpaired) electrons. The second-order valence-electron chi connectivity index (χ2n) is 4.88. The van der Waals surface area contributed by atoms with Gasteiger partial charge in [0, 0.05) is 12.6 Å². The Balaban J connectivity index is 1.99. The van der Waals surface area contributed by atoms with Crippen molar-refractivity contribution >= 4 is 0 Å². The summed E-state index contributed by atoms with van der Waals surface area (Å²) in [5.74, 6) is -0.186. The molecule has 1 N–H and O–H groups in total. The molecule has 0 aliphatic rings. The fourth-order valence-electron chi connectivity index (χ4n) is 2.14. The van der Waals surface area contributed by atoms with Crippen molar-refractivity contribution in [3.63, 3.8) is 0 Å². The maximum atomic E-state index is 12.8. The quantitative estimate of drug-likeness (QED) is 0.838. The monoisotopic (exact) mass is 257 g/mol. The normalized spacial score (nSPS) is 12.4. The van der Waals surface area contributed by atoms with Crippen LogP contribution in [0.4, 0.5) is 4.39 Å². The molecule has 1 atom stereocenters. The molecular formula is C17H20FN. The Bertz CT molecular complexity index is 502. The Morgan fingerprint density at radius 2 is 1.63 bits per heavy atom. The number of benzene rings is 2. The maximum Gasteiger partial charge on any atom is 0.123 e. The lowest BCUT2D eigenvalue weighted by atomic mass is 10.0. The SMILES string of the molecule is CCC(NCc1ccc(F)cc1)c1ccc(C)cc1. The summed E-state index contributed by atoms with van der Waals surface area (Å²) in [6.45, 7) is 5.02. The third-order valence-electron chi connectivity index (χ3n) is 3.35. The first-order valence-electron chi connectivity index (χ1n) is 6.73. The molecule has 0 spiro atoms. The molecule has 2 heteroatoms. The Morgan fingerprint density at radius 1 is 1.00 bits per heavy atom. The molecule has 2 aromatic rings. The standard InChI is InChI=1S/C17H20FN/c1-3-17(15-8-4-13(2)5-9-15)19-12-14-6-10-16(18)11-7-14/h4-11,17,19H,3,12H2,1-2H3. The second kappa shape index (κ2) is 6.48. The molecular weight excluding hydrogens is 237 g/mol. The van der Waals surface area contributed by atoms with Crippen molar-refractivity contribution in [1.82, 2.24) is 5.32 Å². The lowest BCUT2D eigenvalue weighted by Gasteiger charge is -2.17. The van der Waals surface area contributed by atoms with Gasteiger partial charge in [-0.3, -0.25) is 0 Å². The summed E-state index contributed by atoms with van der Waals surface area (Å²) in [5, 5.41) is 3.52. The molecule has 0 saturated heterocycles. The summed E-state index contributed by atoms with van der Waals surface area (Å²) >= 11 is 0. The summed E-state index contributed by atoms with van der Waals surface area (Å²) in [4.78, 5) is 0. The summed E-state index contributed by atoms with van der Waals surface area (Å²) in [7, 11) is 0. The number of rotatable bonds is 5. The van der Waals surface area contributed by atoms with Gasteiger partial charge in [-0.25, -0.2) is 4.39 Å². The van der Waals surface area contributed by atoms with Crippen LogP contribution in [0, 0.1) is 12.7 Å². The number of hydrogen-bond donors (Lipinski definition) is 1. The van der Waals surface area contributed by atoms with Gasteiger partial charge >= 0.3 is 0 Å². The van der Waals surface area contributed by atoms with Crippen molar-refractivity contribution in [2.45, 2.75) is 32.9 Å². The predicted octanol–water partition coefficient (Wildman–Crippen LogP) is 4.38. The summed E-state index contributed by atoms with van der Waals surface area (Å²) in [6, 6.07) is 15.6. The van der Waals surface area contributed by atoms with Gasteiger partial charge in [0.25, 0.3) is 0 Å². The summed E-state index contributed by atoms with van der Waals surface area (Å²) < 4.78 is 12.8. The third-order valence-corrected chi connectivity index (χ3v) is 3.35. The molecule has 0 aromatic heterocycles. The fraction of sp³-hybridized carbons (Fsp3) is 0.294. The number of aryl methyl sites for hydroxylation is 1. The van der Waals surface area contributed by atoms with E-state index in [9.17, 15) is 4.39 Å². The van der Waals surface area contributed by atoms with Gasteiger partial charge in [0.15, 0.2) is 0 Å². The van der Waals surface area contributed by atoms with Gasteiger partial charge in [-0.05, 0) is 36.6 Å². The van der Waals surface area contributed by atoms with Crippen LogP contribution in [0.2, 0.25) is 0 Å². The van der Waals surface area contributed by atoms with E-state index in [0.29, 0.717) is 6.04 Å². The molecule has 100 valence electrons. The largest absolute Gasteiger partial charge is 0.306 e. The van der Waals surface area contributed by atoms with E-state index in [1.165, 1.54) is 23.3 Å². The lowest BCUT2D eigenvalue weighted by Crippen LogP contribution is -2.20. The topological polar surface area (TPSA) is 12.0 Å². The van der Waals surface area contributed by atoms with E-state index < -0.39 is 0 Å². The minimum absolute atomic E-state index is 0.186. The second-order valence-corrected chi connectivity index (χ2v) is 4.88. The molecule has 0 amide bonds. The Hall–Kier alpha value is -1.67. The van der Waals surface area contributed by atoms with Gasteiger partial charge < -0.3 is 5.32 Å². The first-order valence-corrected chi connectivity index (χ1v) is 6.73. The molecule has 0 aliphatic heterocycles. The van der Waals surface area contributed by atoms with Crippen LogP contribution in [0.15, 0.2) is 48.5 Å². The van der Waals surface area contributed by atoms with E-state index in [1.807, 2.05) is 12.1 Å². The molecule has 1 nitrogen and oxygen atoms in total. The Labute approximate surface area is 114 Å². The van der Waals surface area contributed by atoms with E-state index in [-0.39, 0.29) is 5.82 Å². The van der Waals surface area contributed by atoms with Crippen molar-refractivity contribution < 1.29 is 4.39 Å². The van der Waals surface area contributed by atoms with E-state index in [1.54, 1.807) is 0 Å². The van der Waals surface area contributed by atoms with Crippen molar-refractivity contribution in [3.05, 3.63) is 71.0 Å². The van der Waals surface area contributed by atoms with Crippen molar-refractivity contribution in [1.29, 1.82) is 0 Å². The zero-order valence-electron chi connectivity index (χ0n) is 11.5.